The van der Waals surface area contributed by atoms with E-state index >= 15 is 0 Å². The lowest BCUT2D eigenvalue weighted by molar-refractivity contribution is 1.05. The van der Waals surface area contributed by atoms with Gasteiger partial charge in [-0.3, -0.25) is 0 Å². The highest BCUT2D eigenvalue weighted by atomic mass is 35.5. The zero-order valence-electron chi connectivity index (χ0n) is 9.01. The first-order valence-corrected chi connectivity index (χ1v) is 6.29. The van der Waals surface area contributed by atoms with Crippen LogP contribution in [-0.2, 0) is 0 Å². The van der Waals surface area contributed by atoms with Crippen LogP contribution < -0.4 is 0 Å². The molecule has 0 bridgehead atoms. The summed E-state index contributed by atoms with van der Waals surface area (Å²) in [7, 11) is 0. The zero-order valence-corrected chi connectivity index (χ0v) is 10.6. The smallest absolute Gasteiger partial charge is 0.159 e. The van der Waals surface area contributed by atoms with Crippen LogP contribution in [0.3, 0.4) is 0 Å². The Labute approximate surface area is 107 Å². The van der Waals surface area contributed by atoms with E-state index in [1.807, 2.05) is 37.4 Å². The minimum Gasteiger partial charge on any atom is -0.242 e. The Balaban J connectivity index is 2.34. The zero-order chi connectivity index (χ0) is 11.8. The van der Waals surface area contributed by atoms with Crippen molar-refractivity contribution >= 4 is 33.7 Å². The van der Waals surface area contributed by atoms with E-state index in [1.165, 1.54) is 0 Å². The van der Waals surface area contributed by atoms with Crippen LogP contribution in [0.25, 0.3) is 21.5 Å². The molecule has 0 aliphatic rings. The monoisotopic (exact) mass is 261 g/mol. The van der Waals surface area contributed by atoms with E-state index in [9.17, 15) is 0 Å². The lowest BCUT2D eigenvalue weighted by Crippen LogP contribution is -1.90. The quantitative estimate of drug-likeness (QED) is 0.670. The molecule has 0 saturated carbocycles. The summed E-state index contributed by atoms with van der Waals surface area (Å²) in [5.41, 5.74) is 0.795. The van der Waals surface area contributed by atoms with Crippen LogP contribution in [0.1, 0.15) is 4.88 Å². The molecule has 0 aliphatic carbocycles. The van der Waals surface area contributed by atoms with Crippen molar-refractivity contribution in [2.75, 3.05) is 0 Å². The van der Waals surface area contributed by atoms with E-state index in [2.05, 4.69) is 15.2 Å². The molecule has 3 aromatic rings. The van der Waals surface area contributed by atoms with Crippen molar-refractivity contribution in [3.63, 3.8) is 0 Å². The predicted octanol–water partition coefficient (Wildman–Crippen LogP) is 3.72. The Bertz CT molecular complexity index is 693. The van der Waals surface area contributed by atoms with Gasteiger partial charge in [-0.2, -0.15) is 0 Å². The number of nitrogens with zero attached hydrogens (tertiary/aromatic N) is 3. The number of aryl methyl sites for hydroxylation is 1. The first kappa shape index (κ1) is 10.6. The molecular formula is C12H8ClN3S. The van der Waals surface area contributed by atoms with Crippen LogP contribution in [0.2, 0.25) is 5.15 Å². The molecule has 0 fully saturated rings. The lowest BCUT2D eigenvalue weighted by atomic mass is 10.1. The fourth-order valence-electron chi connectivity index (χ4n) is 1.69. The van der Waals surface area contributed by atoms with Crippen LogP contribution in [0.15, 0.2) is 30.5 Å². The molecule has 5 heteroatoms. The second kappa shape index (κ2) is 4.05. The fraction of sp³-hybridized carbons (Fsp3) is 0.0833. The van der Waals surface area contributed by atoms with Gasteiger partial charge in [0.05, 0.1) is 0 Å². The highest BCUT2D eigenvalue weighted by Crippen LogP contribution is 2.31. The van der Waals surface area contributed by atoms with Crippen LogP contribution >= 0.6 is 22.9 Å². The number of fused-ring (bicyclic) bond motifs is 1. The van der Waals surface area contributed by atoms with E-state index in [4.69, 9.17) is 11.6 Å². The Morgan fingerprint density at radius 2 is 1.88 bits per heavy atom. The predicted molar refractivity (Wildman–Crippen MR) is 70.4 cm³/mol. The SMILES string of the molecule is Cc1cnc(-c2nnc(Cl)c3ccccc23)s1. The molecule has 0 saturated heterocycles. The number of thiazole rings is 1. The Morgan fingerprint density at radius 3 is 2.59 bits per heavy atom. The molecule has 0 aliphatic heterocycles. The van der Waals surface area contributed by atoms with E-state index in [1.54, 1.807) is 11.3 Å². The Hall–Kier alpha value is -1.52. The van der Waals surface area contributed by atoms with Crippen molar-refractivity contribution in [1.29, 1.82) is 0 Å². The summed E-state index contributed by atoms with van der Waals surface area (Å²) in [6.45, 7) is 2.02. The average molecular weight is 262 g/mol. The van der Waals surface area contributed by atoms with Gasteiger partial charge in [0.25, 0.3) is 0 Å². The summed E-state index contributed by atoms with van der Waals surface area (Å²) < 4.78 is 0. The highest BCUT2D eigenvalue weighted by Gasteiger charge is 2.11. The molecule has 0 atom stereocenters. The van der Waals surface area contributed by atoms with E-state index in [0.717, 1.165) is 26.4 Å². The molecular weight excluding hydrogens is 254 g/mol. The number of hydrogen-bond acceptors (Lipinski definition) is 4. The molecule has 1 aromatic carbocycles. The molecule has 3 nitrogen and oxygen atoms in total. The molecule has 0 spiro atoms. The van der Waals surface area contributed by atoms with E-state index in [-0.39, 0.29) is 0 Å². The van der Waals surface area contributed by atoms with Gasteiger partial charge in [0.1, 0.15) is 10.7 Å². The highest BCUT2D eigenvalue weighted by molar-refractivity contribution is 7.15. The normalized spacial score (nSPS) is 10.9. The van der Waals surface area contributed by atoms with Crippen LogP contribution in [0.5, 0.6) is 0 Å². The largest absolute Gasteiger partial charge is 0.242 e. The summed E-state index contributed by atoms with van der Waals surface area (Å²) in [4.78, 5) is 5.49. The first-order chi connectivity index (χ1) is 8.25. The number of hydrogen-bond donors (Lipinski definition) is 0. The molecule has 0 unspecified atom stereocenters. The van der Waals surface area contributed by atoms with E-state index in [0.29, 0.717) is 5.15 Å². The summed E-state index contributed by atoms with van der Waals surface area (Å²) in [5, 5.41) is 11.3. The summed E-state index contributed by atoms with van der Waals surface area (Å²) in [5.74, 6) is 0. The van der Waals surface area contributed by atoms with Gasteiger partial charge in [0, 0.05) is 21.8 Å². The average Bonchev–Trinajstić information content (AvgIpc) is 2.77. The van der Waals surface area contributed by atoms with Gasteiger partial charge in [0.15, 0.2) is 5.15 Å². The molecule has 0 amide bonds. The summed E-state index contributed by atoms with van der Waals surface area (Å²) in [6, 6.07) is 7.83. The molecule has 84 valence electrons. The minimum atomic E-state index is 0.428. The topological polar surface area (TPSA) is 38.7 Å². The molecule has 0 N–H and O–H groups in total. The third-order valence-electron chi connectivity index (χ3n) is 2.47. The third kappa shape index (κ3) is 1.79. The molecule has 0 radical (unpaired) electrons. The summed E-state index contributed by atoms with van der Waals surface area (Å²) in [6.07, 6.45) is 1.84. The first-order valence-electron chi connectivity index (χ1n) is 5.09. The van der Waals surface area contributed by atoms with Crippen molar-refractivity contribution in [3.8, 4) is 10.7 Å². The number of rotatable bonds is 1. The number of benzene rings is 1. The molecule has 3 rings (SSSR count). The van der Waals surface area contributed by atoms with Crippen LogP contribution in [-0.4, -0.2) is 15.2 Å². The maximum Gasteiger partial charge on any atom is 0.159 e. The van der Waals surface area contributed by atoms with Crippen molar-refractivity contribution in [1.82, 2.24) is 15.2 Å². The second-order valence-electron chi connectivity index (χ2n) is 3.66. The minimum absolute atomic E-state index is 0.428. The lowest BCUT2D eigenvalue weighted by Gasteiger charge is -2.02. The molecule has 2 aromatic heterocycles. The fourth-order valence-corrected chi connectivity index (χ4v) is 2.66. The maximum absolute atomic E-state index is 6.03. The van der Waals surface area contributed by atoms with Gasteiger partial charge in [0.2, 0.25) is 0 Å². The maximum atomic E-state index is 6.03. The van der Waals surface area contributed by atoms with Gasteiger partial charge >= 0.3 is 0 Å². The van der Waals surface area contributed by atoms with Gasteiger partial charge in [-0.25, -0.2) is 4.98 Å². The van der Waals surface area contributed by atoms with Crippen LogP contribution in [0.4, 0.5) is 0 Å². The summed E-state index contributed by atoms with van der Waals surface area (Å²) >= 11 is 7.64. The van der Waals surface area contributed by atoms with Crippen molar-refractivity contribution in [3.05, 3.63) is 40.5 Å². The van der Waals surface area contributed by atoms with Gasteiger partial charge < -0.3 is 0 Å². The Morgan fingerprint density at radius 1 is 1.12 bits per heavy atom. The van der Waals surface area contributed by atoms with Gasteiger partial charge in [-0.05, 0) is 6.92 Å². The molecule has 17 heavy (non-hydrogen) atoms. The van der Waals surface area contributed by atoms with Crippen molar-refractivity contribution in [2.24, 2.45) is 0 Å². The molecule has 2 heterocycles. The van der Waals surface area contributed by atoms with E-state index < -0.39 is 0 Å². The second-order valence-corrected chi connectivity index (χ2v) is 5.25. The third-order valence-corrected chi connectivity index (χ3v) is 3.66. The Kier molecular flexibility index (Phi) is 2.53. The number of halogens is 1. The van der Waals surface area contributed by atoms with Gasteiger partial charge in [-0.15, -0.1) is 21.5 Å². The van der Waals surface area contributed by atoms with Gasteiger partial charge in [-0.1, -0.05) is 35.9 Å². The van der Waals surface area contributed by atoms with Crippen molar-refractivity contribution in [2.45, 2.75) is 6.92 Å². The standard InChI is InChI=1S/C12H8ClN3S/c1-7-6-14-12(17-7)10-8-4-2-3-5-9(8)11(13)16-15-10/h2-6H,1H3. The van der Waals surface area contributed by atoms with Crippen molar-refractivity contribution < 1.29 is 0 Å². The van der Waals surface area contributed by atoms with Crippen LogP contribution in [0, 0.1) is 6.92 Å². The number of aromatic nitrogens is 3.